The van der Waals surface area contributed by atoms with E-state index in [1.54, 1.807) is 18.2 Å². The summed E-state index contributed by atoms with van der Waals surface area (Å²) in [4.78, 5) is 17.3. The van der Waals surface area contributed by atoms with Crippen LogP contribution in [0.4, 0.5) is 5.69 Å². The van der Waals surface area contributed by atoms with Crippen molar-refractivity contribution in [3.63, 3.8) is 0 Å². The first-order valence-electron chi connectivity index (χ1n) is 11.6. The maximum absolute atomic E-state index is 12.4. The molecule has 34 heavy (non-hydrogen) atoms. The lowest BCUT2D eigenvalue weighted by Crippen LogP contribution is -2.47. The highest BCUT2D eigenvalue weighted by molar-refractivity contribution is 5.89. The molecule has 1 fully saturated rings. The number of anilines is 1. The van der Waals surface area contributed by atoms with E-state index in [1.807, 2.05) is 0 Å². The van der Waals surface area contributed by atoms with Crippen LogP contribution in [0.2, 0.25) is 0 Å². The summed E-state index contributed by atoms with van der Waals surface area (Å²) in [5.41, 5.74) is 4.63. The topological polar surface area (TPSA) is 93.0 Å². The largest absolute Gasteiger partial charge is 0.454 e. The number of rotatable bonds is 7. The van der Waals surface area contributed by atoms with Gasteiger partial charge in [-0.2, -0.15) is 0 Å². The van der Waals surface area contributed by atoms with Crippen molar-refractivity contribution >= 4 is 11.6 Å². The van der Waals surface area contributed by atoms with E-state index in [0.717, 1.165) is 39.1 Å². The zero-order valence-corrected chi connectivity index (χ0v) is 19.5. The molecule has 0 aliphatic carbocycles. The number of amides is 1. The summed E-state index contributed by atoms with van der Waals surface area (Å²) in [6, 6.07) is 12.0. The second-order valence-electron chi connectivity index (χ2n) is 8.71. The van der Waals surface area contributed by atoms with E-state index in [0.29, 0.717) is 23.6 Å². The summed E-state index contributed by atoms with van der Waals surface area (Å²) in [7, 11) is 0. The Balaban J connectivity index is 1.05. The van der Waals surface area contributed by atoms with Crippen molar-refractivity contribution in [2.24, 2.45) is 0 Å². The number of nitrogens with zero attached hydrogens (tertiary/aromatic N) is 4. The lowest BCUT2D eigenvalue weighted by Gasteiger charge is -2.37. The first-order chi connectivity index (χ1) is 16.6. The number of carbonyl (C=O) groups is 1. The number of aryl methyl sites for hydroxylation is 2. The van der Waals surface area contributed by atoms with Crippen LogP contribution in [0.25, 0.3) is 11.5 Å². The minimum absolute atomic E-state index is 0.0465. The summed E-state index contributed by atoms with van der Waals surface area (Å²) < 4.78 is 16.2. The number of hydrogen-bond acceptors (Lipinski definition) is 8. The van der Waals surface area contributed by atoms with E-state index in [4.69, 9.17) is 13.9 Å². The number of carbonyl (C=O) groups excluding carboxylic acids is 1. The van der Waals surface area contributed by atoms with Crippen LogP contribution < -0.4 is 19.7 Å². The van der Waals surface area contributed by atoms with Crippen molar-refractivity contribution in [1.82, 2.24) is 20.4 Å². The summed E-state index contributed by atoms with van der Waals surface area (Å²) in [6.45, 7) is 10.1. The van der Waals surface area contributed by atoms with E-state index in [-0.39, 0.29) is 24.5 Å². The number of piperazine rings is 1. The highest BCUT2D eigenvalue weighted by atomic mass is 16.7. The molecule has 1 saturated heterocycles. The SMILES string of the molecule is Cc1ccc(C)c(N2CCN(CCCNC(=O)c3nnc(-c4ccc5c(c4)OCO5)o3)CC2)c1. The van der Waals surface area contributed by atoms with Crippen molar-refractivity contribution in [3.05, 3.63) is 53.4 Å². The van der Waals surface area contributed by atoms with Crippen molar-refractivity contribution in [2.75, 3.05) is 51.0 Å². The van der Waals surface area contributed by atoms with Crippen LogP contribution in [0.15, 0.2) is 40.8 Å². The Kier molecular flexibility index (Phi) is 6.35. The monoisotopic (exact) mass is 463 g/mol. The Labute approximate surface area is 198 Å². The molecule has 2 aliphatic rings. The standard InChI is InChI=1S/C25H29N5O4/c1-17-4-5-18(2)20(14-17)30-12-10-29(11-13-30)9-3-8-26-23(31)25-28-27-24(34-25)19-6-7-21-22(15-19)33-16-32-21/h4-7,14-15H,3,8-13,16H2,1-2H3,(H,26,31). The van der Waals surface area contributed by atoms with E-state index < -0.39 is 0 Å². The van der Waals surface area contributed by atoms with Crippen LogP contribution in [-0.2, 0) is 0 Å². The van der Waals surface area contributed by atoms with Crippen LogP contribution in [0.5, 0.6) is 11.5 Å². The number of ether oxygens (including phenoxy) is 2. The minimum atomic E-state index is -0.362. The van der Waals surface area contributed by atoms with Gasteiger partial charge in [0.05, 0.1) is 0 Å². The molecule has 2 aromatic carbocycles. The molecular formula is C25H29N5O4. The predicted octanol–water partition coefficient (Wildman–Crippen LogP) is 3.02. The van der Waals surface area contributed by atoms with Gasteiger partial charge in [-0.15, -0.1) is 10.2 Å². The smallest absolute Gasteiger partial charge is 0.308 e. The number of aromatic nitrogens is 2. The molecule has 0 atom stereocenters. The Morgan fingerprint density at radius 1 is 1.00 bits per heavy atom. The van der Waals surface area contributed by atoms with Gasteiger partial charge < -0.3 is 24.1 Å². The second kappa shape index (κ2) is 9.72. The van der Waals surface area contributed by atoms with Gasteiger partial charge in [0.15, 0.2) is 11.5 Å². The molecular weight excluding hydrogens is 434 g/mol. The quantitative estimate of drug-likeness (QED) is 0.535. The Morgan fingerprint density at radius 2 is 1.82 bits per heavy atom. The molecule has 0 bridgehead atoms. The highest BCUT2D eigenvalue weighted by Gasteiger charge is 2.20. The normalized spacial score (nSPS) is 15.5. The summed E-state index contributed by atoms with van der Waals surface area (Å²) in [5.74, 6) is 1.16. The Bertz CT molecular complexity index is 1170. The molecule has 0 unspecified atom stereocenters. The lowest BCUT2D eigenvalue weighted by molar-refractivity contribution is 0.0917. The first-order valence-corrected chi connectivity index (χ1v) is 11.6. The zero-order chi connectivity index (χ0) is 23.5. The molecule has 9 nitrogen and oxygen atoms in total. The minimum Gasteiger partial charge on any atom is -0.454 e. The van der Waals surface area contributed by atoms with Crippen molar-refractivity contribution in [2.45, 2.75) is 20.3 Å². The van der Waals surface area contributed by atoms with Gasteiger partial charge >= 0.3 is 11.8 Å². The van der Waals surface area contributed by atoms with Crippen LogP contribution in [0, 0.1) is 13.8 Å². The van der Waals surface area contributed by atoms with Crippen LogP contribution in [0.3, 0.4) is 0 Å². The van der Waals surface area contributed by atoms with Crippen LogP contribution >= 0.6 is 0 Å². The van der Waals surface area contributed by atoms with Gasteiger partial charge in [0.25, 0.3) is 0 Å². The summed E-state index contributed by atoms with van der Waals surface area (Å²) >= 11 is 0. The highest BCUT2D eigenvalue weighted by Crippen LogP contribution is 2.35. The third kappa shape index (κ3) is 4.84. The Hall–Kier alpha value is -3.59. The maximum atomic E-state index is 12.4. The molecule has 1 N–H and O–H groups in total. The summed E-state index contributed by atoms with van der Waals surface area (Å²) in [6.07, 6.45) is 0.859. The average molecular weight is 464 g/mol. The van der Waals surface area contributed by atoms with Crippen molar-refractivity contribution in [3.8, 4) is 23.0 Å². The van der Waals surface area contributed by atoms with Gasteiger partial charge in [0, 0.05) is 44.0 Å². The lowest BCUT2D eigenvalue weighted by atomic mass is 10.1. The molecule has 9 heteroatoms. The molecule has 1 amide bonds. The van der Waals surface area contributed by atoms with E-state index in [1.165, 1.54) is 16.8 Å². The molecule has 3 heterocycles. The fourth-order valence-corrected chi connectivity index (χ4v) is 4.31. The van der Waals surface area contributed by atoms with Gasteiger partial charge in [-0.1, -0.05) is 12.1 Å². The third-order valence-corrected chi connectivity index (χ3v) is 6.25. The van der Waals surface area contributed by atoms with Crippen molar-refractivity contribution in [1.29, 1.82) is 0 Å². The fourth-order valence-electron chi connectivity index (χ4n) is 4.31. The third-order valence-electron chi connectivity index (χ3n) is 6.25. The van der Waals surface area contributed by atoms with E-state index >= 15 is 0 Å². The number of fused-ring (bicyclic) bond motifs is 1. The second-order valence-corrected chi connectivity index (χ2v) is 8.71. The molecule has 2 aliphatic heterocycles. The molecule has 5 rings (SSSR count). The number of nitrogens with one attached hydrogen (secondary N) is 1. The fraction of sp³-hybridized carbons (Fsp3) is 0.400. The van der Waals surface area contributed by atoms with E-state index in [9.17, 15) is 4.79 Å². The molecule has 0 radical (unpaired) electrons. The van der Waals surface area contributed by atoms with Crippen LogP contribution in [-0.4, -0.2) is 67.1 Å². The van der Waals surface area contributed by atoms with Gasteiger partial charge in [0.2, 0.25) is 12.7 Å². The van der Waals surface area contributed by atoms with Crippen molar-refractivity contribution < 1.29 is 18.7 Å². The predicted molar refractivity (Wildman–Crippen MR) is 127 cm³/mol. The molecule has 178 valence electrons. The number of hydrogen-bond donors (Lipinski definition) is 1. The van der Waals surface area contributed by atoms with Gasteiger partial charge in [-0.3, -0.25) is 9.69 Å². The molecule has 0 spiro atoms. The number of benzene rings is 2. The zero-order valence-electron chi connectivity index (χ0n) is 19.5. The van der Waals surface area contributed by atoms with Gasteiger partial charge in [-0.05, 0) is 62.2 Å². The molecule has 0 saturated carbocycles. The van der Waals surface area contributed by atoms with Gasteiger partial charge in [0.1, 0.15) is 0 Å². The maximum Gasteiger partial charge on any atom is 0.308 e. The first kappa shape index (κ1) is 22.2. The molecule has 3 aromatic rings. The Morgan fingerprint density at radius 3 is 2.68 bits per heavy atom. The van der Waals surface area contributed by atoms with Gasteiger partial charge in [-0.25, -0.2) is 0 Å². The average Bonchev–Trinajstić information content (AvgIpc) is 3.53. The van der Waals surface area contributed by atoms with E-state index in [2.05, 4.69) is 57.4 Å². The summed E-state index contributed by atoms with van der Waals surface area (Å²) in [5, 5.41) is 10.8. The van der Waals surface area contributed by atoms with Crippen LogP contribution in [0.1, 0.15) is 28.2 Å². The molecule has 1 aromatic heterocycles.